The van der Waals surface area contributed by atoms with E-state index in [1.807, 2.05) is 20.8 Å². The summed E-state index contributed by atoms with van der Waals surface area (Å²) in [6.45, 7) is 9.91. The number of hydrogen-bond acceptors (Lipinski definition) is 5. The Labute approximate surface area is 123 Å². The first kappa shape index (κ1) is 17.8. The molecule has 0 bridgehead atoms. The van der Waals surface area contributed by atoms with Crippen molar-refractivity contribution < 1.29 is 23.6 Å². The number of aliphatic hydroxyl groups is 1. The highest BCUT2D eigenvalue weighted by Gasteiger charge is 2.37. The van der Waals surface area contributed by atoms with Gasteiger partial charge in [0.1, 0.15) is 0 Å². The Bertz CT molecular complexity index is 368. The van der Waals surface area contributed by atoms with Crippen LogP contribution in [-0.2, 0) is 25.1 Å². The van der Waals surface area contributed by atoms with Crippen LogP contribution in [0.1, 0.15) is 41.0 Å². The minimum Gasteiger partial charge on any atom is -0.392 e. The predicted octanol–water partition coefficient (Wildman–Crippen LogP) is 1.25. The number of ketones is 1. The number of hydrogen-bond donors (Lipinski definition) is 1. The summed E-state index contributed by atoms with van der Waals surface area (Å²) < 4.78 is 22.4. The van der Waals surface area contributed by atoms with Crippen LogP contribution in [0.5, 0.6) is 0 Å². The lowest BCUT2D eigenvalue weighted by molar-refractivity contribution is -0.168. The molecule has 1 heterocycles. The van der Waals surface area contributed by atoms with Crippen molar-refractivity contribution >= 4 is 16.6 Å². The molecule has 1 fully saturated rings. The van der Waals surface area contributed by atoms with Gasteiger partial charge < -0.3 is 14.6 Å². The molecule has 3 atom stereocenters. The van der Waals surface area contributed by atoms with Crippen molar-refractivity contribution in [1.82, 2.24) is 0 Å². The van der Waals surface area contributed by atoms with Gasteiger partial charge in [-0.25, -0.2) is 0 Å². The van der Waals surface area contributed by atoms with Crippen molar-refractivity contribution in [1.29, 1.82) is 0 Å². The van der Waals surface area contributed by atoms with E-state index in [-0.39, 0.29) is 18.0 Å². The van der Waals surface area contributed by atoms with Gasteiger partial charge >= 0.3 is 0 Å². The quantitative estimate of drug-likeness (QED) is 0.799. The Kier molecular flexibility index (Phi) is 5.89. The van der Waals surface area contributed by atoms with Crippen LogP contribution in [-0.4, -0.2) is 50.7 Å². The lowest BCUT2D eigenvalue weighted by Gasteiger charge is -2.28. The van der Waals surface area contributed by atoms with E-state index in [1.165, 1.54) is 0 Å². The maximum atomic E-state index is 12.1. The van der Waals surface area contributed by atoms with Crippen molar-refractivity contribution in [3.8, 4) is 0 Å². The molecule has 118 valence electrons. The van der Waals surface area contributed by atoms with Crippen molar-refractivity contribution in [2.45, 2.75) is 57.7 Å². The van der Waals surface area contributed by atoms with Crippen LogP contribution in [0.3, 0.4) is 0 Å². The van der Waals surface area contributed by atoms with E-state index in [0.717, 1.165) is 0 Å². The van der Waals surface area contributed by atoms with E-state index in [2.05, 4.69) is 0 Å². The van der Waals surface area contributed by atoms with E-state index in [4.69, 9.17) is 9.47 Å². The fourth-order valence-corrected chi connectivity index (χ4v) is 2.88. The van der Waals surface area contributed by atoms with Crippen LogP contribution in [0, 0.1) is 5.92 Å². The summed E-state index contributed by atoms with van der Waals surface area (Å²) in [4.78, 5) is 12.1. The molecule has 0 spiro atoms. The molecule has 0 aromatic rings. The summed E-state index contributed by atoms with van der Waals surface area (Å²) in [5.74, 6) is -1.62. The van der Waals surface area contributed by atoms with Crippen LogP contribution in [0.2, 0.25) is 0 Å². The van der Waals surface area contributed by atoms with E-state index in [0.29, 0.717) is 13.2 Å². The lowest BCUT2D eigenvalue weighted by Crippen LogP contribution is -2.39. The zero-order chi connectivity index (χ0) is 15.6. The smallest absolute Gasteiger partial charge is 0.168 e. The molecule has 0 radical (unpaired) electrons. The van der Waals surface area contributed by atoms with Gasteiger partial charge in [0.15, 0.2) is 11.6 Å². The molecule has 1 N–H and O–H groups in total. The number of carbonyl (C=O) groups excluding carboxylic acids is 1. The third-order valence-electron chi connectivity index (χ3n) is 3.52. The van der Waals surface area contributed by atoms with Gasteiger partial charge in [0.2, 0.25) is 0 Å². The monoisotopic (exact) mass is 306 g/mol. The molecule has 5 nitrogen and oxygen atoms in total. The van der Waals surface area contributed by atoms with Gasteiger partial charge in [0, 0.05) is 27.9 Å². The molecular weight excluding hydrogens is 280 g/mol. The van der Waals surface area contributed by atoms with Gasteiger partial charge in [-0.05, 0) is 27.7 Å². The van der Waals surface area contributed by atoms with Gasteiger partial charge in [-0.15, -0.1) is 0 Å². The second-order valence-electron chi connectivity index (χ2n) is 6.46. The minimum absolute atomic E-state index is 0.0276. The molecule has 1 rings (SSSR count). The average Bonchev–Trinajstić information content (AvgIpc) is 2.73. The van der Waals surface area contributed by atoms with E-state index >= 15 is 0 Å². The fraction of sp³-hybridized carbons (Fsp3) is 0.929. The maximum absolute atomic E-state index is 12.1. The fourth-order valence-electron chi connectivity index (χ4n) is 1.92. The van der Waals surface area contributed by atoms with Gasteiger partial charge in [0.05, 0.1) is 25.1 Å². The first-order chi connectivity index (χ1) is 9.05. The molecule has 0 saturated carbocycles. The Balaban J connectivity index is 2.53. The SMILES string of the molecule is C[C@@H](C(=O)CS(=O)C(C)(C)C)[C@@H](O)CC1(C)OCCO1. The van der Waals surface area contributed by atoms with Crippen LogP contribution < -0.4 is 0 Å². The highest BCUT2D eigenvalue weighted by Crippen LogP contribution is 2.27. The van der Waals surface area contributed by atoms with Crippen LogP contribution in [0.15, 0.2) is 0 Å². The molecule has 0 aromatic carbocycles. The zero-order valence-electron chi connectivity index (χ0n) is 13.0. The first-order valence-electron chi connectivity index (χ1n) is 6.92. The molecule has 0 aromatic heterocycles. The normalized spacial score (nSPS) is 23.3. The molecule has 0 aliphatic carbocycles. The first-order valence-corrected chi connectivity index (χ1v) is 8.24. The molecule has 0 amide bonds. The molecule has 1 aliphatic heterocycles. The molecule has 6 heteroatoms. The van der Waals surface area contributed by atoms with Crippen molar-refractivity contribution in [3.63, 3.8) is 0 Å². The summed E-state index contributed by atoms with van der Waals surface area (Å²) in [6, 6.07) is 0. The molecule has 1 aliphatic rings. The Morgan fingerprint density at radius 3 is 2.30 bits per heavy atom. The van der Waals surface area contributed by atoms with Crippen LogP contribution in [0.25, 0.3) is 0 Å². The third kappa shape index (κ3) is 4.91. The average molecular weight is 306 g/mol. The van der Waals surface area contributed by atoms with Gasteiger partial charge in [-0.1, -0.05) is 6.92 Å². The zero-order valence-corrected chi connectivity index (χ0v) is 13.8. The van der Waals surface area contributed by atoms with Crippen molar-refractivity contribution in [2.75, 3.05) is 19.0 Å². The van der Waals surface area contributed by atoms with Crippen molar-refractivity contribution in [3.05, 3.63) is 0 Å². The number of aliphatic hydroxyl groups excluding tert-OH is 1. The van der Waals surface area contributed by atoms with E-state index < -0.39 is 33.4 Å². The summed E-state index contributed by atoms with van der Waals surface area (Å²) in [5.41, 5.74) is 0. The molecule has 1 unspecified atom stereocenters. The summed E-state index contributed by atoms with van der Waals surface area (Å²) in [6.07, 6.45) is -0.621. The van der Waals surface area contributed by atoms with Crippen LogP contribution >= 0.6 is 0 Å². The Morgan fingerprint density at radius 1 is 1.35 bits per heavy atom. The highest BCUT2D eigenvalue weighted by molar-refractivity contribution is 7.87. The topological polar surface area (TPSA) is 72.8 Å². The standard InChI is InChI=1S/C14H26O5S/c1-10(12(16)9-20(17)13(2,3)4)11(15)8-14(5)18-6-7-19-14/h10-11,15H,6-9H2,1-5H3/t10-,11+,20?/m1/s1. The molecule has 20 heavy (non-hydrogen) atoms. The second kappa shape index (κ2) is 6.64. The maximum Gasteiger partial charge on any atom is 0.168 e. The van der Waals surface area contributed by atoms with Crippen molar-refractivity contribution in [2.24, 2.45) is 5.92 Å². The largest absolute Gasteiger partial charge is 0.392 e. The van der Waals surface area contributed by atoms with E-state index in [9.17, 15) is 14.1 Å². The summed E-state index contributed by atoms with van der Waals surface area (Å²) >= 11 is 0. The van der Waals surface area contributed by atoms with Crippen LogP contribution in [0.4, 0.5) is 0 Å². The van der Waals surface area contributed by atoms with E-state index in [1.54, 1.807) is 13.8 Å². The minimum atomic E-state index is -1.24. The summed E-state index contributed by atoms with van der Waals surface area (Å²) in [7, 11) is -1.24. The molecular formula is C14H26O5S. The lowest BCUT2D eigenvalue weighted by atomic mass is 9.95. The Hall–Kier alpha value is -0.300. The number of carbonyl (C=O) groups is 1. The van der Waals surface area contributed by atoms with Gasteiger partial charge in [-0.2, -0.15) is 0 Å². The highest BCUT2D eigenvalue weighted by atomic mass is 32.2. The number of Topliss-reactive ketones (excluding diaryl/α,β-unsaturated/α-hetero) is 1. The van der Waals surface area contributed by atoms with Gasteiger partial charge in [-0.3, -0.25) is 9.00 Å². The Morgan fingerprint density at radius 2 is 1.85 bits per heavy atom. The van der Waals surface area contributed by atoms with Gasteiger partial charge in [0.25, 0.3) is 0 Å². The third-order valence-corrected chi connectivity index (χ3v) is 5.43. The second-order valence-corrected chi connectivity index (χ2v) is 8.66. The summed E-state index contributed by atoms with van der Waals surface area (Å²) in [5, 5.41) is 10.1. The molecule has 1 saturated heterocycles. The number of rotatable bonds is 6. The predicted molar refractivity (Wildman–Crippen MR) is 77.9 cm³/mol. The number of ether oxygens (including phenoxy) is 2.